The molecular formula is C23H38IN5O2. The van der Waals surface area contributed by atoms with Crippen molar-refractivity contribution in [2.24, 2.45) is 4.99 Å². The highest BCUT2D eigenvalue weighted by Gasteiger charge is 2.17. The smallest absolute Gasteiger partial charge is 0.243 e. The summed E-state index contributed by atoms with van der Waals surface area (Å²) >= 11 is 0. The van der Waals surface area contributed by atoms with Crippen LogP contribution in [-0.2, 0) is 9.53 Å². The second kappa shape index (κ2) is 13.1. The Labute approximate surface area is 204 Å². The number of nitrogens with one attached hydrogen (secondary N) is 2. The molecule has 1 aromatic rings. The van der Waals surface area contributed by atoms with E-state index >= 15 is 0 Å². The van der Waals surface area contributed by atoms with Crippen LogP contribution in [0, 0.1) is 0 Å². The van der Waals surface area contributed by atoms with E-state index in [0.717, 1.165) is 32.5 Å². The fourth-order valence-electron chi connectivity index (χ4n) is 3.87. The molecule has 2 N–H and O–H groups in total. The predicted molar refractivity (Wildman–Crippen MR) is 137 cm³/mol. The van der Waals surface area contributed by atoms with Crippen LogP contribution in [-0.4, -0.2) is 69.8 Å². The van der Waals surface area contributed by atoms with Crippen molar-refractivity contribution in [3.8, 4) is 0 Å². The molecule has 2 aliphatic rings. The molecule has 0 spiro atoms. The summed E-state index contributed by atoms with van der Waals surface area (Å²) < 4.78 is 5.83. The Balaban J connectivity index is 0.00000341. The molecule has 0 aliphatic carbocycles. The molecule has 0 radical (unpaired) electrons. The van der Waals surface area contributed by atoms with Crippen LogP contribution in [0.15, 0.2) is 29.3 Å². The van der Waals surface area contributed by atoms with Crippen molar-refractivity contribution in [1.29, 1.82) is 0 Å². The van der Waals surface area contributed by atoms with Gasteiger partial charge in [0.25, 0.3) is 0 Å². The van der Waals surface area contributed by atoms with Crippen LogP contribution in [0.25, 0.3) is 0 Å². The van der Waals surface area contributed by atoms with Gasteiger partial charge >= 0.3 is 0 Å². The maximum Gasteiger partial charge on any atom is 0.243 e. The number of carbonyl (C=O) groups is 1. The molecule has 2 heterocycles. The molecule has 8 heteroatoms. The van der Waals surface area contributed by atoms with Gasteiger partial charge in [0.1, 0.15) is 6.54 Å². The molecule has 2 saturated heterocycles. The van der Waals surface area contributed by atoms with Crippen molar-refractivity contribution in [2.75, 3.05) is 51.8 Å². The molecule has 2 aliphatic heterocycles. The van der Waals surface area contributed by atoms with Crippen LogP contribution in [0.4, 0.5) is 5.69 Å². The number of aliphatic imine (C=N–C) groups is 1. The van der Waals surface area contributed by atoms with Gasteiger partial charge < -0.3 is 25.2 Å². The number of hydrogen-bond acceptors (Lipinski definition) is 4. The maximum atomic E-state index is 12.0. The first-order valence-corrected chi connectivity index (χ1v) is 11.2. The summed E-state index contributed by atoms with van der Waals surface area (Å²) in [4.78, 5) is 20.6. The molecule has 0 aromatic heterocycles. The Bertz CT molecular complexity index is 716. The molecule has 0 bridgehead atoms. The fourth-order valence-corrected chi connectivity index (χ4v) is 3.87. The van der Waals surface area contributed by atoms with E-state index < -0.39 is 0 Å². The van der Waals surface area contributed by atoms with E-state index in [1.807, 2.05) is 0 Å². The zero-order chi connectivity index (χ0) is 21.3. The van der Waals surface area contributed by atoms with Crippen LogP contribution in [0.5, 0.6) is 0 Å². The summed E-state index contributed by atoms with van der Waals surface area (Å²) in [5, 5.41) is 6.87. The molecule has 2 fully saturated rings. The van der Waals surface area contributed by atoms with Gasteiger partial charge in [-0.05, 0) is 56.7 Å². The van der Waals surface area contributed by atoms with Crippen LogP contribution < -0.4 is 15.5 Å². The number of benzene rings is 1. The maximum absolute atomic E-state index is 12.0. The summed E-state index contributed by atoms with van der Waals surface area (Å²) in [6.45, 7) is 6.04. The van der Waals surface area contributed by atoms with E-state index in [-0.39, 0.29) is 48.6 Å². The monoisotopic (exact) mass is 543 g/mol. The number of rotatable bonds is 7. The Morgan fingerprint density at radius 2 is 2.03 bits per heavy atom. The number of ether oxygens (including phenoxy) is 1. The van der Waals surface area contributed by atoms with Crippen molar-refractivity contribution in [3.05, 3.63) is 29.8 Å². The third kappa shape index (κ3) is 8.14. The number of guanidine groups is 1. The molecule has 3 rings (SSSR count). The van der Waals surface area contributed by atoms with Crippen molar-refractivity contribution in [3.63, 3.8) is 0 Å². The summed E-state index contributed by atoms with van der Waals surface area (Å²) in [7, 11) is 3.50. The topological polar surface area (TPSA) is 69.2 Å². The molecule has 1 amide bonds. The molecule has 7 nitrogen and oxygen atoms in total. The van der Waals surface area contributed by atoms with Gasteiger partial charge in [0.05, 0.1) is 12.1 Å². The highest BCUT2D eigenvalue weighted by molar-refractivity contribution is 14.0. The number of carbonyl (C=O) groups excluding carboxylic acids is 1. The number of anilines is 1. The molecule has 31 heavy (non-hydrogen) atoms. The summed E-state index contributed by atoms with van der Waals surface area (Å²) in [5.41, 5.74) is 2.49. The number of hydrogen-bond donors (Lipinski definition) is 2. The average Bonchev–Trinajstić information content (AvgIpc) is 3.31. The van der Waals surface area contributed by atoms with E-state index in [1.54, 1.807) is 19.0 Å². The van der Waals surface area contributed by atoms with Crippen molar-refractivity contribution in [2.45, 2.75) is 51.2 Å². The largest absolute Gasteiger partial charge is 0.376 e. The third-order valence-electron chi connectivity index (χ3n) is 5.84. The molecular weight excluding hydrogens is 505 g/mol. The second-order valence-electron chi connectivity index (χ2n) is 8.48. The minimum atomic E-state index is -0.0197. The number of halogens is 1. The summed E-state index contributed by atoms with van der Waals surface area (Å²) in [6, 6.07) is 8.78. The zero-order valence-electron chi connectivity index (χ0n) is 19.1. The Kier molecular flexibility index (Phi) is 10.9. The highest BCUT2D eigenvalue weighted by Crippen LogP contribution is 2.24. The van der Waals surface area contributed by atoms with Crippen LogP contribution >= 0.6 is 24.0 Å². The van der Waals surface area contributed by atoms with E-state index in [4.69, 9.17) is 4.74 Å². The lowest BCUT2D eigenvalue weighted by molar-refractivity contribution is -0.127. The average molecular weight is 543 g/mol. The number of nitrogens with zero attached hydrogens (tertiary/aromatic N) is 3. The summed E-state index contributed by atoms with van der Waals surface area (Å²) in [6.07, 6.45) is 6.13. The van der Waals surface area contributed by atoms with E-state index in [9.17, 15) is 4.79 Å². The number of likely N-dealkylation sites (N-methyl/N-ethyl adjacent to an activating group) is 1. The molecule has 2 unspecified atom stereocenters. The number of amides is 1. The lowest BCUT2D eigenvalue weighted by Gasteiger charge is -2.25. The minimum absolute atomic E-state index is 0. The Morgan fingerprint density at radius 1 is 1.26 bits per heavy atom. The molecule has 2 atom stereocenters. The first-order chi connectivity index (χ1) is 14.5. The van der Waals surface area contributed by atoms with Crippen molar-refractivity contribution < 1.29 is 9.53 Å². The van der Waals surface area contributed by atoms with Gasteiger partial charge in [-0.2, -0.15) is 0 Å². The van der Waals surface area contributed by atoms with Gasteiger partial charge in [-0.25, -0.2) is 4.99 Å². The van der Waals surface area contributed by atoms with E-state index in [1.165, 1.54) is 30.5 Å². The Hall–Kier alpha value is -1.55. The summed E-state index contributed by atoms with van der Waals surface area (Å²) in [5.74, 6) is 0.632. The first kappa shape index (κ1) is 25.7. The van der Waals surface area contributed by atoms with Gasteiger partial charge in [0.2, 0.25) is 5.91 Å². The van der Waals surface area contributed by atoms with Crippen molar-refractivity contribution in [1.82, 2.24) is 15.5 Å². The lowest BCUT2D eigenvalue weighted by Crippen LogP contribution is -2.44. The third-order valence-corrected chi connectivity index (χ3v) is 5.84. The SMILES string of the molecule is CC(NC(=NCC(=O)N(C)C)NCC1CCCCO1)c1cccc(N2CCCC2)c1.I. The molecule has 0 saturated carbocycles. The molecule has 1 aromatic carbocycles. The quantitative estimate of drug-likeness (QED) is 0.314. The molecule has 174 valence electrons. The zero-order valence-corrected chi connectivity index (χ0v) is 21.4. The second-order valence-corrected chi connectivity index (χ2v) is 8.48. The van der Waals surface area contributed by atoms with E-state index in [0.29, 0.717) is 12.5 Å². The van der Waals surface area contributed by atoms with Crippen LogP contribution in [0.1, 0.15) is 50.6 Å². The first-order valence-electron chi connectivity index (χ1n) is 11.2. The van der Waals surface area contributed by atoms with Gasteiger partial charge in [-0.1, -0.05) is 12.1 Å². The van der Waals surface area contributed by atoms with Gasteiger partial charge in [0, 0.05) is 46.0 Å². The predicted octanol–water partition coefficient (Wildman–Crippen LogP) is 3.16. The normalized spacial score (nSPS) is 20.0. The van der Waals surface area contributed by atoms with Crippen LogP contribution in [0.3, 0.4) is 0 Å². The van der Waals surface area contributed by atoms with Crippen molar-refractivity contribution >= 4 is 41.5 Å². The van der Waals surface area contributed by atoms with Gasteiger partial charge in [-0.15, -0.1) is 24.0 Å². The van der Waals surface area contributed by atoms with Gasteiger partial charge in [-0.3, -0.25) is 4.79 Å². The Morgan fingerprint density at radius 3 is 2.71 bits per heavy atom. The standard InChI is InChI=1S/C23H37N5O2.HI/c1-18(19-9-8-10-20(15-19)28-12-5-6-13-28)26-23(25-17-22(29)27(2)3)24-16-21-11-4-7-14-30-21;/h8-10,15,18,21H,4-7,11-14,16-17H2,1-3H3,(H2,24,25,26);1H. The van der Waals surface area contributed by atoms with Crippen LogP contribution in [0.2, 0.25) is 0 Å². The van der Waals surface area contributed by atoms with E-state index in [2.05, 4.69) is 51.7 Å². The highest BCUT2D eigenvalue weighted by atomic mass is 127. The fraction of sp³-hybridized carbons (Fsp3) is 0.652. The minimum Gasteiger partial charge on any atom is -0.376 e. The van der Waals surface area contributed by atoms with Gasteiger partial charge in [0.15, 0.2) is 5.96 Å². The lowest BCUT2D eigenvalue weighted by atomic mass is 10.1.